The Balaban J connectivity index is 1.42. The van der Waals surface area contributed by atoms with Crippen LogP contribution in [0.25, 0.3) is 0 Å². The summed E-state index contributed by atoms with van der Waals surface area (Å²) in [7, 11) is 0. The fourth-order valence-electron chi connectivity index (χ4n) is 5.36. The van der Waals surface area contributed by atoms with Crippen LogP contribution in [0.3, 0.4) is 0 Å². The summed E-state index contributed by atoms with van der Waals surface area (Å²) in [6.45, 7) is 5.53. The Morgan fingerprint density at radius 3 is 2.63 bits per heavy atom. The molecule has 4 amide bonds. The van der Waals surface area contributed by atoms with Crippen LogP contribution in [-0.2, 0) is 31.2 Å². The van der Waals surface area contributed by atoms with Crippen LogP contribution in [-0.4, -0.2) is 60.2 Å². The van der Waals surface area contributed by atoms with Gasteiger partial charge in [0.25, 0.3) is 0 Å². The third kappa shape index (κ3) is 6.37. The van der Waals surface area contributed by atoms with Gasteiger partial charge in [0.15, 0.2) is 0 Å². The summed E-state index contributed by atoms with van der Waals surface area (Å²) in [5.41, 5.74) is 0.765. The van der Waals surface area contributed by atoms with E-state index in [1.54, 1.807) is 26.8 Å². The molecule has 2 N–H and O–H groups in total. The van der Waals surface area contributed by atoms with Crippen molar-refractivity contribution in [1.82, 2.24) is 15.5 Å². The van der Waals surface area contributed by atoms with E-state index in [0.29, 0.717) is 25.1 Å². The van der Waals surface area contributed by atoms with E-state index in [1.807, 2.05) is 54.6 Å². The first-order chi connectivity index (χ1) is 19.6. The van der Waals surface area contributed by atoms with Gasteiger partial charge in [-0.25, -0.2) is 9.59 Å². The van der Waals surface area contributed by atoms with E-state index < -0.39 is 35.3 Å². The number of nitrogens with zero attached hydrogens (tertiary/aromatic N) is 2. The molecule has 1 aliphatic carbocycles. The maximum absolute atomic E-state index is 13.5. The first-order valence-electron chi connectivity index (χ1n) is 13.9. The number of carbonyl (C=O) groups is 4. The van der Waals surface area contributed by atoms with Crippen molar-refractivity contribution in [1.29, 1.82) is 0 Å². The number of ether oxygens (including phenoxy) is 2. The van der Waals surface area contributed by atoms with Crippen molar-refractivity contribution in [3.8, 4) is 0 Å². The number of nitrogens with one attached hydrogen (secondary N) is 2. The second kappa shape index (κ2) is 11.3. The number of hydrogen-bond acceptors (Lipinski definition) is 6. The van der Waals surface area contributed by atoms with Gasteiger partial charge in [-0.2, -0.15) is 0 Å². The van der Waals surface area contributed by atoms with Gasteiger partial charge in [-0.1, -0.05) is 54.6 Å². The number of rotatable bonds is 3. The second-order valence-electron chi connectivity index (χ2n) is 11.7. The molecule has 2 aromatic rings. The van der Waals surface area contributed by atoms with E-state index in [4.69, 9.17) is 9.47 Å². The molecule has 1 saturated carbocycles. The standard InChI is InChI=1S/C31H36N4O6/c1-30(2,3)41-29(39)34-18-25-27(37)32-15-8-7-12-23-17-31(23,33-28(38)40-20-21-10-5-4-6-11-21)22-13-9-14-24(16-22)35(25)26(36)19-34/h4-7,9-14,16,23,25H,8,15,17-20H2,1-3H3,(H,32,37)(H,33,38)/b12-7+/t23?,25-,31?/m1/s1. The molecular formula is C31H36N4O6. The Morgan fingerprint density at radius 1 is 1.10 bits per heavy atom. The number of fused-ring (bicyclic) bond motifs is 6. The van der Waals surface area contributed by atoms with Crippen LogP contribution in [0.2, 0.25) is 0 Å². The quantitative estimate of drug-likeness (QED) is 0.551. The number of amides is 4. The first-order valence-corrected chi connectivity index (χ1v) is 13.9. The summed E-state index contributed by atoms with van der Waals surface area (Å²) in [5, 5.41) is 5.99. The molecule has 216 valence electrons. The summed E-state index contributed by atoms with van der Waals surface area (Å²) in [6.07, 6.45) is 4.11. The highest BCUT2D eigenvalue weighted by Crippen LogP contribution is 2.53. The lowest BCUT2D eigenvalue weighted by atomic mass is 10.00. The van der Waals surface area contributed by atoms with Crippen LogP contribution >= 0.6 is 0 Å². The molecule has 2 unspecified atom stereocenters. The molecule has 10 nitrogen and oxygen atoms in total. The molecule has 2 aliphatic heterocycles. The number of piperazine rings is 1. The molecule has 0 spiro atoms. The van der Waals surface area contributed by atoms with Gasteiger partial charge in [-0.05, 0) is 56.9 Å². The van der Waals surface area contributed by atoms with Gasteiger partial charge < -0.3 is 20.1 Å². The van der Waals surface area contributed by atoms with Gasteiger partial charge >= 0.3 is 12.2 Å². The van der Waals surface area contributed by atoms with Crippen molar-refractivity contribution in [3.05, 3.63) is 77.9 Å². The topological polar surface area (TPSA) is 117 Å². The number of alkyl carbamates (subject to hydrolysis) is 1. The summed E-state index contributed by atoms with van der Waals surface area (Å²) in [5.74, 6) is -0.731. The SMILES string of the molecule is CC(C)(C)OC(=O)N1CC(=O)N2c3cccc(c3)C3(NC(=O)OCc4ccccc4)CC3/C=C/CCNC(=O)[C@H]2C1. The lowest BCUT2D eigenvalue weighted by Gasteiger charge is -2.40. The van der Waals surface area contributed by atoms with Crippen molar-refractivity contribution in [2.24, 2.45) is 5.92 Å². The van der Waals surface area contributed by atoms with Crippen molar-refractivity contribution in [2.75, 3.05) is 24.5 Å². The normalized spacial score (nSPS) is 24.8. The smallest absolute Gasteiger partial charge is 0.410 e. The monoisotopic (exact) mass is 560 g/mol. The van der Waals surface area contributed by atoms with Crippen LogP contribution in [0.4, 0.5) is 15.3 Å². The third-order valence-electron chi connectivity index (χ3n) is 7.42. The zero-order chi connectivity index (χ0) is 29.2. The van der Waals surface area contributed by atoms with E-state index in [-0.39, 0.29) is 31.5 Å². The van der Waals surface area contributed by atoms with Crippen molar-refractivity contribution in [3.63, 3.8) is 0 Å². The molecule has 1 saturated heterocycles. The minimum absolute atomic E-state index is 0.00954. The van der Waals surface area contributed by atoms with E-state index >= 15 is 0 Å². The molecule has 3 atom stereocenters. The van der Waals surface area contributed by atoms with Crippen LogP contribution in [0, 0.1) is 5.92 Å². The van der Waals surface area contributed by atoms with Crippen LogP contribution < -0.4 is 15.5 Å². The Hall–Kier alpha value is -4.34. The molecule has 0 radical (unpaired) electrons. The molecule has 0 aromatic heterocycles. The number of benzene rings is 2. The molecule has 41 heavy (non-hydrogen) atoms. The second-order valence-corrected chi connectivity index (χ2v) is 11.7. The molecule has 2 heterocycles. The maximum Gasteiger partial charge on any atom is 0.410 e. The van der Waals surface area contributed by atoms with Gasteiger partial charge in [-0.15, -0.1) is 0 Å². The number of anilines is 1. The molecule has 2 fully saturated rings. The summed E-state index contributed by atoms with van der Waals surface area (Å²) < 4.78 is 11.0. The van der Waals surface area contributed by atoms with Gasteiger partial charge in [0.1, 0.15) is 24.8 Å². The fourth-order valence-corrected chi connectivity index (χ4v) is 5.36. The Kier molecular flexibility index (Phi) is 7.75. The summed E-state index contributed by atoms with van der Waals surface area (Å²) >= 11 is 0. The average Bonchev–Trinajstić information content (AvgIpc) is 3.63. The van der Waals surface area contributed by atoms with Crippen LogP contribution in [0.15, 0.2) is 66.7 Å². The van der Waals surface area contributed by atoms with Gasteiger partial charge in [0.2, 0.25) is 11.8 Å². The van der Waals surface area contributed by atoms with E-state index in [2.05, 4.69) is 16.7 Å². The Bertz CT molecular complexity index is 1350. The van der Waals surface area contributed by atoms with Crippen LogP contribution in [0.1, 0.15) is 44.7 Å². The lowest BCUT2D eigenvalue weighted by molar-refractivity contribution is -0.129. The number of carbonyl (C=O) groups excluding carboxylic acids is 4. The van der Waals surface area contributed by atoms with E-state index in [9.17, 15) is 19.2 Å². The van der Waals surface area contributed by atoms with E-state index in [0.717, 1.165) is 11.1 Å². The highest BCUT2D eigenvalue weighted by atomic mass is 16.6. The zero-order valence-corrected chi connectivity index (χ0v) is 23.6. The molecular weight excluding hydrogens is 524 g/mol. The van der Waals surface area contributed by atoms with Crippen LogP contribution in [0.5, 0.6) is 0 Å². The average molecular weight is 561 g/mol. The van der Waals surface area contributed by atoms with Crippen molar-refractivity contribution < 1.29 is 28.7 Å². The highest BCUT2D eigenvalue weighted by molar-refractivity contribution is 6.04. The summed E-state index contributed by atoms with van der Waals surface area (Å²) in [4.78, 5) is 55.3. The van der Waals surface area contributed by atoms with Gasteiger partial charge in [-0.3, -0.25) is 19.4 Å². The third-order valence-corrected chi connectivity index (χ3v) is 7.42. The predicted octanol–water partition coefficient (Wildman–Crippen LogP) is 3.86. The zero-order valence-electron chi connectivity index (χ0n) is 23.6. The molecule has 2 bridgehead atoms. The Morgan fingerprint density at radius 2 is 1.88 bits per heavy atom. The molecule has 2 aromatic carbocycles. The summed E-state index contributed by atoms with van der Waals surface area (Å²) in [6, 6.07) is 15.8. The predicted molar refractivity (Wildman–Crippen MR) is 152 cm³/mol. The fraction of sp³-hybridized carbons (Fsp3) is 0.419. The van der Waals surface area contributed by atoms with Crippen molar-refractivity contribution in [2.45, 2.75) is 57.4 Å². The number of hydrogen-bond donors (Lipinski definition) is 2. The molecule has 5 rings (SSSR count). The minimum atomic E-state index is -0.946. The van der Waals surface area contributed by atoms with Crippen molar-refractivity contribution >= 4 is 29.7 Å². The van der Waals surface area contributed by atoms with Gasteiger partial charge in [0.05, 0.1) is 12.1 Å². The lowest BCUT2D eigenvalue weighted by Crippen LogP contribution is -2.63. The maximum atomic E-state index is 13.5. The Labute approximate surface area is 239 Å². The van der Waals surface area contributed by atoms with Gasteiger partial charge in [0, 0.05) is 18.2 Å². The highest BCUT2D eigenvalue weighted by Gasteiger charge is 2.56. The van der Waals surface area contributed by atoms with E-state index in [1.165, 1.54) is 9.80 Å². The molecule has 3 aliphatic rings. The first kappa shape index (κ1) is 28.2. The molecule has 10 heteroatoms. The minimum Gasteiger partial charge on any atom is -0.445 e. The largest absolute Gasteiger partial charge is 0.445 e.